The van der Waals surface area contributed by atoms with Crippen LogP contribution in [0.4, 0.5) is 5.69 Å². The number of benzene rings is 2. The third-order valence-electron chi connectivity index (χ3n) is 4.64. The van der Waals surface area contributed by atoms with E-state index in [1.807, 2.05) is 47.0 Å². The molecule has 2 N–H and O–H groups in total. The van der Waals surface area contributed by atoms with Gasteiger partial charge in [-0.3, -0.25) is 9.36 Å². The number of aromatic hydroxyl groups is 1. The molecule has 0 saturated heterocycles. The number of hydrogen-bond acceptors (Lipinski definition) is 7. The molecule has 5 aromatic rings. The first-order chi connectivity index (χ1) is 15.7. The highest BCUT2D eigenvalue weighted by Gasteiger charge is 2.19. The predicted molar refractivity (Wildman–Crippen MR) is 119 cm³/mol. The minimum atomic E-state index is -0.471. The van der Waals surface area contributed by atoms with Crippen LogP contribution in [0.1, 0.15) is 0 Å². The minimum Gasteiger partial charge on any atom is -0.493 e. The van der Waals surface area contributed by atoms with Crippen molar-refractivity contribution < 1.29 is 14.3 Å². The molecule has 0 bridgehead atoms. The third kappa shape index (κ3) is 3.79. The van der Waals surface area contributed by atoms with Gasteiger partial charge in [0.2, 0.25) is 11.7 Å². The van der Waals surface area contributed by atoms with Gasteiger partial charge in [-0.15, -0.1) is 20.4 Å². The number of rotatable bonds is 6. The molecular formula is C22H16N6O3S. The lowest BCUT2D eigenvalue weighted by molar-refractivity contribution is -0.115. The van der Waals surface area contributed by atoms with Crippen molar-refractivity contribution in [3.63, 3.8) is 0 Å². The smallest absolute Gasteiger partial charge is 0.275 e. The predicted octanol–water partition coefficient (Wildman–Crippen LogP) is 5.12. The lowest BCUT2D eigenvalue weighted by Gasteiger charge is -2.08. The van der Waals surface area contributed by atoms with Gasteiger partial charge in [0.15, 0.2) is 16.6 Å². The summed E-state index contributed by atoms with van der Waals surface area (Å²) < 4.78 is 7.31. The fraction of sp³-hybridized carbons (Fsp3) is 0.0455. The second kappa shape index (κ2) is 8.52. The molecule has 0 spiro atoms. The molecular weight excluding hydrogens is 428 g/mol. The first-order valence-corrected chi connectivity index (χ1v) is 10.6. The molecule has 10 heteroatoms. The molecule has 2 aromatic carbocycles. The molecule has 0 fully saturated rings. The Kier molecular flexibility index (Phi) is 5.26. The van der Waals surface area contributed by atoms with Crippen LogP contribution in [-0.2, 0) is 4.79 Å². The van der Waals surface area contributed by atoms with Gasteiger partial charge in [-0.1, -0.05) is 48.2 Å². The average molecular weight is 444 g/mol. The molecule has 3 aromatic heterocycles. The van der Waals surface area contributed by atoms with Crippen molar-refractivity contribution in [1.29, 1.82) is 0 Å². The lowest BCUT2D eigenvalue weighted by atomic mass is 10.2. The summed E-state index contributed by atoms with van der Waals surface area (Å²) in [5.41, 5.74) is 1.78. The number of amides is 1. The van der Waals surface area contributed by atoms with Gasteiger partial charge in [0.25, 0.3) is 5.91 Å². The Morgan fingerprint density at radius 3 is 2.69 bits per heavy atom. The number of carbonyl (C=O) groups is 1. The zero-order chi connectivity index (χ0) is 21.9. The minimum absolute atomic E-state index is 0.00423. The largest absolute Gasteiger partial charge is 0.493 e. The Hall–Kier alpha value is -4.18. The number of thioether (sulfide) groups is 1. The van der Waals surface area contributed by atoms with Crippen molar-refractivity contribution in [2.45, 2.75) is 5.16 Å². The highest BCUT2D eigenvalue weighted by atomic mass is 32.2. The third-order valence-corrected chi connectivity index (χ3v) is 5.55. The number of nitrogens with zero attached hydrogens (tertiary/aromatic N) is 5. The fourth-order valence-corrected chi connectivity index (χ4v) is 3.94. The van der Waals surface area contributed by atoms with Crippen molar-refractivity contribution >= 4 is 34.3 Å². The van der Waals surface area contributed by atoms with Crippen molar-refractivity contribution in [1.82, 2.24) is 19.7 Å². The molecule has 9 nitrogen and oxygen atoms in total. The van der Waals surface area contributed by atoms with E-state index in [2.05, 4.69) is 25.4 Å². The van der Waals surface area contributed by atoms with E-state index in [9.17, 15) is 9.90 Å². The number of azo groups is 1. The van der Waals surface area contributed by atoms with Crippen LogP contribution in [0.5, 0.6) is 5.88 Å². The van der Waals surface area contributed by atoms with Crippen molar-refractivity contribution in [2.75, 3.05) is 5.75 Å². The summed E-state index contributed by atoms with van der Waals surface area (Å²) >= 11 is 1.19. The maximum Gasteiger partial charge on any atom is 0.275 e. The second-order valence-electron chi connectivity index (χ2n) is 6.70. The van der Waals surface area contributed by atoms with Crippen molar-refractivity contribution in [2.24, 2.45) is 10.2 Å². The van der Waals surface area contributed by atoms with E-state index in [0.717, 1.165) is 5.69 Å². The molecule has 3 heterocycles. The van der Waals surface area contributed by atoms with E-state index < -0.39 is 5.91 Å². The van der Waals surface area contributed by atoms with E-state index in [4.69, 9.17) is 4.42 Å². The topological polar surface area (TPSA) is 122 Å². The molecule has 0 aliphatic heterocycles. The van der Waals surface area contributed by atoms with E-state index in [0.29, 0.717) is 27.6 Å². The van der Waals surface area contributed by atoms with E-state index in [1.54, 1.807) is 30.5 Å². The summed E-state index contributed by atoms with van der Waals surface area (Å²) in [6.45, 7) is 0. The molecule has 0 radical (unpaired) electrons. The first kappa shape index (κ1) is 19.8. The Morgan fingerprint density at radius 1 is 1.06 bits per heavy atom. The van der Waals surface area contributed by atoms with Crippen molar-refractivity contribution in [3.8, 4) is 23.2 Å². The number of furan rings is 1. The van der Waals surface area contributed by atoms with Gasteiger partial charge in [0.1, 0.15) is 0 Å². The van der Waals surface area contributed by atoms with Gasteiger partial charge in [-0.05, 0) is 30.3 Å². The standard InChI is InChI=1S/C22H16N6O3S/c29-18(24-25-19-15-9-4-5-10-16(15)23-21(19)30)13-32-22-27-26-20(17-11-6-12-31-17)28(22)14-7-2-1-3-8-14/h1-12,23,30H,13H2. The number of H-pyrrole nitrogens is 1. The second-order valence-corrected chi connectivity index (χ2v) is 7.65. The normalized spacial score (nSPS) is 11.5. The zero-order valence-electron chi connectivity index (χ0n) is 16.5. The number of hydrogen-bond donors (Lipinski definition) is 2. The van der Waals surface area contributed by atoms with Gasteiger partial charge in [0, 0.05) is 11.1 Å². The molecule has 1 amide bonds. The Balaban J connectivity index is 1.37. The first-order valence-electron chi connectivity index (χ1n) is 9.62. The highest BCUT2D eigenvalue weighted by Crippen LogP contribution is 2.35. The molecule has 32 heavy (non-hydrogen) atoms. The van der Waals surface area contributed by atoms with E-state index in [-0.39, 0.29) is 17.3 Å². The fourth-order valence-electron chi connectivity index (χ4n) is 3.21. The molecule has 5 rings (SSSR count). The van der Waals surface area contributed by atoms with Gasteiger partial charge < -0.3 is 14.5 Å². The summed E-state index contributed by atoms with van der Waals surface area (Å²) in [6, 6.07) is 20.4. The van der Waals surface area contributed by atoms with Crippen LogP contribution in [0.3, 0.4) is 0 Å². The van der Waals surface area contributed by atoms with Crippen LogP contribution >= 0.6 is 11.8 Å². The van der Waals surface area contributed by atoms with Gasteiger partial charge in [-0.25, -0.2) is 0 Å². The van der Waals surface area contributed by atoms with Gasteiger partial charge in [0.05, 0.1) is 17.5 Å². The molecule has 0 atom stereocenters. The number of fused-ring (bicyclic) bond motifs is 1. The number of nitrogens with one attached hydrogen (secondary N) is 1. The van der Waals surface area contributed by atoms with Crippen LogP contribution in [0.2, 0.25) is 0 Å². The Morgan fingerprint density at radius 2 is 1.88 bits per heavy atom. The van der Waals surface area contributed by atoms with E-state index in [1.165, 1.54) is 11.8 Å². The summed E-state index contributed by atoms with van der Waals surface area (Å²) in [4.78, 5) is 15.2. The molecule has 0 aliphatic carbocycles. The Labute approximate surface area is 185 Å². The monoisotopic (exact) mass is 444 g/mol. The van der Waals surface area contributed by atoms with Crippen molar-refractivity contribution in [3.05, 3.63) is 73.0 Å². The molecule has 0 unspecified atom stereocenters. The molecule has 0 aliphatic rings. The number of para-hydroxylation sites is 2. The van der Waals surface area contributed by atoms with Crippen LogP contribution in [0, 0.1) is 0 Å². The average Bonchev–Trinajstić information content (AvgIpc) is 3.55. The highest BCUT2D eigenvalue weighted by molar-refractivity contribution is 7.99. The van der Waals surface area contributed by atoms with Crippen LogP contribution in [0.15, 0.2) is 92.8 Å². The maximum atomic E-state index is 12.4. The maximum absolute atomic E-state index is 12.4. The lowest BCUT2D eigenvalue weighted by Crippen LogP contribution is -2.02. The summed E-state index contributed by atoms with van der Waals surface area (Å²) in [5, 5.41) is 27.4. The molecule has 158 valence electrons. The van der Waals surface area contributed by atoms with Gasteiger partial charge >= 0.3 is 0 Å². The summed E-state index contributed by atoms with van der Waals surface area (Å²) in [7, 11) is 0. The van der Waals surface area contributed by atoms with Gasteiger partial charge in [-0.2, -0.15) is 0 Å². The number of aromatic amines is 1. The van der Waals surface area contributed by atoms with Crippen LogP contribution in [0.25, 0.3) is 28.2 Å². The Bertz CT molecular complexity index is 1410. The van der Waals surface area contributed by atoms with Crippen LogP contribution in [-0.4, -0.2) is 36.5 Å². The molecule has 0 saturated carbocycles. The SMILES string of the molecule is O=C(CSc1nnc(-c2ccco2)n1-c1ccccc1)N=Nc1c(O)[nH]c2ccccc12. The quantitative estimate of drug-likeness (QED) is 0.277. The van der Waals surface area contributed by atoms with E-state index >= 15 is 0 Å². The summed E-state index contributed by atoms with van der Waals surface area (Å²) in [5.74, 6) is 0.482. The number of carbonyl (C=O) groups excluding carboxylic acids is 1. The summed E-state index contributed by atoms with van der Waals surface area (Å²) in [6.07, 6.45) is 1.57. The van der Waals surface area contributed by atoms with Crippen LogP contribution < -0.4 is 0 Å². The number of aromatic nitrogens is 4. The zero-order valence-corrected chi connectivity index (χ0v) is 17.4.